The molecule has 2 N–H and O–H groups in total. The summed E-state index contributed by atoms with van der Waals surface area (Å²) in [6.45, 7) is 4.05. The van der Waals surface area contributed by atoms with Gasteiger partial charge >= 0.3 is 11.8 Å². The molecule has 1 aliphatic rings. The number of carbonyl (C=O) groups is 2. The first-order valence-electron chi connectivity index (χ1n) is 10.6. The summed E-state index contributed by atoms with van der Waals surface area (Å²) in [5.74, 6) is -1.28. The Balaban J connectivity index is 1.44. The van der Waals surface area contributed by atoms with E-state index in [9.17, 15) is 9.59 Å². The fourth-order valence-corrected chi connectivity index (χ4v) is 4.12. The molecule has 6 heteroatoms. The van der Waals surface area contributed by atoms with E-state index in [4.69, 9.17) is 0 Å². The first kappa shape index (κ1) is 20.9. The monoisotopic (exact) mass is 416 g/mol. The molecular formula is C25H28N4O2. The minimum absolute atomic E-state index is 0.0236. The highest BCUT2D eigenvalue weighted by molar-refractivity contribution is 6.39. The molecule has 4 rings (SSSR count). The maximum atomic E-state index is 12.5. The molecule has 2 amide bonds. The number of hydrogen-bond donors (Lipinski definition) is 2. The summed E-state index contributed by atoms with van der Waals surface area (Å²) in [6.07, 6.45) is 2.98. The fourth-order valence-electron chi connectivity index (χ4n) is 4.12. The SMILES string of the molecule is Cc1ccc(NC(=O)C(=O)NCC(c2cccn2C)N2CCc3ccccc3C2)cc1. The average Bonchev–Trinajstić information content (AvgIpc) is 3.20. The van der Waals surface area contributed by atoms with Gasteiger partial charge in [0.2, 0.25) is 0 Å². The van der Waals surface area contributed by atoms with E-state index in [1.165, 1.54) is 11.1 Å². The Bertz CT molecular complexity index is 1070. The van der Waals surface area contributed by atoms with Gasteiger partial charge in [0.25, 0.3) is 0 Å². The van der Waals surface area contributed by atoms with E-state index in [0.717, 1.165) is 30.8 Å². The van der Waals surface area contributed by atoms with Crippen molar-refractivity contribution in [2.75, 3.05) is 18.4 Å². The summed E-state index contributed by atoms with van der Waals surface area (Å²) in [4.78, 5) is 27.2. The van der Waals surface area contributed by atoms with E-state index in [-0.39, 0.29) is 6.04 Å². The minimum atomic E-state index is -0.654. The molecule has 1 aliphatic heterocycles. The van der Waals surface area contributed by atoms with Gasteiger partial charge in [-0.15, -0.1) is 0 Å². The zero-order valence-electron chi connectivity index (χ0n) is 18.0. The summed E-state index contributed by atoms with van der Waals surface area (Å²) in [7, 11) is 2.01. The third-order valence-electron chi connectivity index (χ3n) is 5.90. The lowest BCUT2D eigenvalue weighted by Crippen LogP contribution is -2.44. The van der Waals surface area contributed by atoms with Gasteiger partial charge in [-0.2, -0.15) is 0 Å². The van der Waals surface area contributed by atoms with Gasteiger partial charge in [0.1, 0.15) is 0 Å². The van der Waals surface area contributed by atoms with Crippen LogP contribution in [-0.4, -0.2) is 34.4 Å². The van der Waals surface area contributed by atoms with Crippen LogP contribution in [0.5, 0.6) is 0 Å². The Morgan fingerprint density at radius 3 is 2.42 bits per heavy atom. The molecule has 1 atom stereocenters. The molecule has 2 heterocycles. The number of nitrogens with zero attached hydrogens (tertiary/aromatic N) is 2. The van der Waals surface area contributed by atoms with E-state index >= 15 is 0 Å². The number of rotatable bonds is 5. The van der Waals surface area contributed by atoms with Crippen LogP contribution in [0.25, 0.3) is 0 Å². The normalized spacial score (nSPS) is 14.5. The number of amides is 2. The van der Waals surface area contributed by atoms with Crippen molar-refractivity contribution in [2.45, 2.75) is 25.9 Å². The topological polar surface area (TPSA) is 66.4 Å². The highest BCUT2D eigenvalue weighted by atomic mass is 16.2. The van der Waals surface area contributed by atoms with Crippen molar-refractivity contribution in [1.82, 2.24) is 14.8 Å². The zero-order chi connectivity index (χ0) is 21.8. The van der Waals surface area contributed by atoms with E-state index in [0.29, 0.717) is 12.2 Å². The number of aromatic nitrogens is 1. The molecule has 1 unspecified atom stereocenters. The van der Waals surface area contributed by atoms with Crippen molar-refractivity contribution in [1.29, 1.82) is 0 Å². The van der Waals surface area contributed by atoms with Crippen LogP contribution in [-0.2, 0) is 29.6 Å². The minimum Gasteiger partial charge on any atom is -0.353 e. The standard InChI is InChI=1S/C25H28N4O2/c1-18-9-11-21(12-10-18)27-25(31)24(30)26-16-23(22-8-5-14-28(22)2)29-15-13-19-6-3-4-7-20(19)17-29/h3-12,14,23H,13,15-17H2,1-2H3,(H,26,30)(H,27,31). The first-order valence-corrected chi connectivity index (χ1v) is 10.6. The van der Waals surface area contributed by atoms with Gasteiger partial charge in [-0.05, 0) is 48.7 Å². The molecule has 160 valence electrons. The fraction of sp³-hybridized carbons (Fsp3) is 0.280. The van der Waals surface area contributed by atoms with Crippen molar-refractivity contribution in [3.8, 4) is 0 Å². The second-order valence-electron chi connectivity index (χ2n) is 8.08. The highest BCUT2D eigenvalue weighted by Gasteiger charge is 2.27. The Morgan fingerprint density at radius 1 is 0.968 bits per heavy atom. The summed E-state index contributed by atoms with van der Waals surface area (Å²) < 4.78 is 2.07. The number of nitrogens with one attached hydrogen (secondary N) is 2. The van der Waals surface area contributed by atoms with Crippen LogP contribution in [0.2, 0.25) is 0 Å². The molecule has 0 saturated heterocycles. The Morgan fingerprint density at radius 2 is 1.71 bits per heavy atom. The summed E-state index contributed by atoms with van der Waals surface area (Å²) in [6, 6.07) is 19.9. The third kappa shape index (κ3) is 4.86. The summed E-state index contributed by atoms with van der Waals surface area (Å²) in [5, 5.41) is 5.51. The molecule has 3 aromatic rings. The molecule has 0 saturated carbocycles. The van der Waals surface area contributed by atoms with Crippen LogP contribution in [0, 0.1) is 6.92 Å². The van der Waals surface area contributed by atoms with Crippen LogP contribution in [0.3, 0.4) is 0 Å². The lowest BCUT2D eigenvalue weighted by atomic mass is 9.98. The number of hydrogen-bond acceptors (Lipinski definition) is 3. The third-order valence-corrected chi connectivity index (χ3v) is 5.90. The van der Waals surface area contributed by atoms with Crippen LogP contribution < -0.4 is 10.6 Å². The number of carbonyl (C=O) groups excluding carboxylic acids is 2. The highest BCUT2D eigenvalue weighted by Crippen LogP contribution is 2.27. The van der Waals surface area contributed by atoms with E-state index in [1.54, 1.807) is 12.1 Å². The van der Waals surface area contributed by atoms with Gasteiger partial charge in [0.05, 0.1) is 6.04 Å². The predicted molar refractivity (Wildman–Crippen MR) is 122 cm³/mol. The molecule has 2 aromatic carbocycles. The molecular weight excluding hydrogens is 388 g/mol. The van der Waals surface area contributed by atoms with Crippen molar-refractivity contribution in [3.63, 3.8) is 0 Å². The van der Waals surface area contributed by atoms with Gasteiger partial charge in [-0.25, -0.2) is 0 Å². The van der Waals surface area contributed by atoms with E-state index in [2.05, 4.69) is 50.4 Å². The number of anilines is 1. The number of aryl methyl sites for hydroxylation is 2. The second kappa shape index (κ2) is 9.18. The summed E-state index contributed by atoms with van der Waals surface area (Å²) >= 11 is 0. The van der Waals surface area contributed by atoms with E-state index < -0.39 is 11.8 Å². The maximum absolute atomic E-state index is 12.5. The lowest BCUT2D eigenvalue weighted by molar-refractivity contribution is -0.136. The molecule has 0 bridgehead atoms. The largest absolute Gasteiger partial charge is 0.353 e. The molecule has 1 aromatic heterocycles. The number of benzene rings is 2. The Hall–Kier alpha value is -3.38. The Labute approximate surface area is 182 Å². The van der Waals surface area contributed by atoms with Crippen molar-refractivity contribution in [3.05, 3.63) is 89.2 Å². The lowest BCUT2D eigenvalue weighted by Gasteiger charge is -2.36. The van der Waals surface area contributed by atoms with Crippen LogP contribution in [0.15, 0.2) is 66.9 Å². The molecule has 0 aliphatic carbocycles. The Kier molecular flexibility index (Phi) is 6.18. The van der Waals surface area contributed by atoms with E-state index in [1.807, 2.05) is 38.4 Å². The van der Waals surface area contributed by atoms with Crippen LogP contribution in [0.1, 0.15) is 28.4 Å². The summed E-state index contributed by atoms with van der Waals surface area (Å²) in [5.41, 5.74) is 5.51. The van der Waals surface area contributed by atoms with Crippen molar-refractivity contribution >= 4 is 17.5 Å². The van der Waals surface area contributed by atoms with Crippen molar-refractivity contribution < 1.29 is 9.59 Å². The molecule has 0 spiro atoms. The molecule has 6 nitrogen and oxygen atoms in total. The maximum Gasteiger partial charge on any atom is 0.313 e. The first-order chi connectivity index (χ1) is 15.0. The van der Waals surface area contributed by atoms with Gasteiger partial charge < -0.3 is 15.2 Å². The number of fused-ring (bicyclic) bond motifs is 1. The van der Waals surface area contributed by atoms with Gasteiger partial charge in [-0.1, -0.05) is 42.0 Å². The molecule has 0 radical (unpaired) electrons. The van der Waals surface area contributed by atoms with Gasteiger partial charge in [0.15, 0.2) is 0 Å². The zero-order valence-corrected chi connectivity index (χ0v) is 18.0. The van der Waals surface area contributed by atoms with Gasteiger partial charge in [0, 0.05) is 44.3 Å². The van der Waals surface area contributed by atoms with Gasteiger partial charge in [-0.3, -0.25) is 14.5 Å². The van der Waals surface area contributed by atoms with Crippen LogP contribution >= 0.6 is 0 Å². The quantitative estimate of drug-likeness (QED) is 0.628. The van der Waals surface area contributed by atoms with Crippen LogP contribution in [0.4, 0.5) is 5.69 Å². The predicted octanol–water partition coefficient (Wildman–Crippen LogP) is 3.19. The molecule has 0 fully saturated rings. The molecule has 31 heavy (non-hydrogen) atoms. The van der Waals surface area contributed by atoms with Crippen molar-refractivity contribution in [2.24, 2.45) is 7.05 Å². The average molecular weight is 417 g/mol. The smallest absolute Gasteiger partial charge is 0.313 e. The second-order valence-corrected chi connectivity index (χ2v) is 8.08.